The zero-order chi connectivity index (χ0) is 28.1. The maximum atomic E-state index is 13.6. The fraction of sp³-hybridized carbons (Fsp3) is 0.607. The lowest BCUT2D eigenvalue weighted by Gasteiger charge is -2.34. The molecule has 0 unspecified atom stereocenters. The van der Waals surface area contributed by atoms with Crippen LogP contribution in [0.2, 0.25) is 0 Å². The third-order valence-electron chi connectivity index (χ3n) is 5.76. The van der Waals surface area contributed by atoms with Gasteiger partial charge in [-0.25, -0.2) is 9.59 Å². The van der Waals surface area contributed by atoms with Crippen molar-refractivity contribution in [3.05, 3.63) is 42.0 Å². The van der Waals surface area contributed by atoms with E-state index in [9.17, 15) is 24.6 Å². The van der Waals surface area contributed by atoms with Gasteiger partial charge in [0.05, 0.1) is 13.0 Å². The lowest BCUT2D eigenvalue weighted by atomic mass is 9.81. The molecule has 3 atom stereocenters. The molecule has 0 bridgehead atoms. The van der Waals surface area contributed by atoms with Gasteiger partial charge in [-0.15, -0.1) is 0 Å². The summed E-state index contributed by atoms with van der Waals surface area (Å²) in [7, 11) is 1.21. The number of nitrogens with one attached hydrogen (secondary N) is 1. The molecule has 1 rings (SSSR count). The van der Waals surface area contributed by atoms with Crippen molar-refractivity contribution in [2.24, 2.45) is 11.7 Å². The van der Waals surface area contributed by atoms with Crippen molar-refractivity contribution in [2.75, 3.05) is 13.7 Å². The molecule has 0 radical (unpaired) electrons. The number of aromatic hydroxyl groups is 1. The first-order chi connectivity index (χ1) is 17.4. The zero-order valence-corrected chi connectivity index (χ0v) is 22.8. The smallest absolute Gasteiger partial charge is 0.339 e. The Morgan fingerprint density at radius 2 is 1.76 bits per heavy atom. The molecule has 0 aromatic heterocycles. The summed E-state index contributed by atoms with van der Waals surface area (Å²) >= 11 is 0. The van der Waals surface area contributed by atoms with Gasteiger partial charge in [0.15, 0.2) is 5.60 Å². The highest BCUT2D eigenvalue weighted by Gasteiger charge is 2.48. The van der Waals surface area contributed by atoms with Crippen molar-refractivity contribution >= 4 is 17.8 Å². The molecule has 0 aliphatic carbocycles. The number of carbonyl (C=O) groups excluding carboxylic acids is 3. The number of allylic oxidation sites excluding steroid dienone is 1. The number of nitrogens with two attached hydrogens (primary N) is 1. The fourth-order valence-electron chi connectivity index (χ4n) is 3.88. The van der Waals surface area contributed by atoms with E-state index in [2.05, 4.69) is 5.32 Å². The minimum atomic E-state index is -2.14. The molecule has 0 heterocycles. The molecule has 1 aromatic carbocycles. The summed E-state index contributed by atoms with van der Waals surface area (Å²) in [6.07, 6.45) is 7.04. The van der Waals surface area contributed by atoms with Crippen LogP contribution < -0.4 is 11.1 Å². The van der Waals surface area contributed by atoms with E-state index in [-0.39, 0.29) is 18.6 Å². The van der Waals surface area contributed by atoms with Gasteiger partial charge in [-0.1, -0.05) is 44.1 Å². The molecule has 1 aromatic rings. The number of phenolic OH excluding ortho intramolecular Hbond substituents is 1. The van der Waals surface area contributed by atoms with Gasteiger partial charge in [0.2, 0.25) is 5.91 Å². The average Bonchev–Trinajstić information content (AvgIpc) is 2.82. The lowest BCUT2D eigenvalue weighted by Crippen LogP contribution is -2.56. The van der Waals surface area contributed by atoms with E-state index in [0.717, 1.165) is 19.3 Å². The van der Waals surface area contributed by atoms with Gasteiger partial charge in [-0.05, 0) is 70.7 Å². The van der Waals surface area contributed by atoms with E-state index >= 15 is 0 Å². The van der Waals surface area contributed by atoms with Crippen molar-refractivity contribution in [2.45, 2.75) is 89.9 Å². The Hall–Kier alpha value is -2.91. The van der Waals surface area contributed by atoms with Crippen LogP contribution in [0.1, 0.15) is 71.8 Å². The van der Waals surface area contributed by atoms with Crippen molar-refractivity contribution in [1.29, 1.82) is 0 Å². The topological polar surface area (TPSA) is 148 Å². The summed E-state index contributed by atoms with van der Waals surface area (Å²) < 4.78 is 10.4. The summed E-state index contributed by atoms with van der Waals surface area (Å²) in [5.74, 6) is -3.51. The number of benzene rings is 1. The Kier molecular flexibility index (Phi) is 13.3. The second-order valence-electron chi connectivity index (χ2n) is 10.2. The first-order valence-corrected chi connectivity index (χ1v) is 12.9. The van der Waals surface area contributed by atoms with Crippen LogP contribution in [0.3, 0.4) is 0 Å². The van der Waals surface area contributed by atoms with Gasteiger partial charge in [0.1, 0.15) is 17.4 Å². The first-order valence-electron chi connectivity index (χ1n) is 12.9. The van der Waals surface area contributed by atoms with Crippen LogP contribution in [0.15, 0.2) is 36.4 Å². The summed E-state index contributed by atoms with van der Waals surface area (Å²) in [4.78, 5) is 39.3. The summed E-state index contributed by atoms with van der Waals surface area (Å²) in [6, 6.07) is 5.13. The number of carbonyl (C=O) groups is 3. The number of unbranched alkanes of at least 4 members (excludes halogenated alkanes) is 3. The second-order valence-corrected chi connectivity index (χ2v) is 10.2. The predicted molar refractivity (Wildman–Crippen MR) is 142 cm³/mol. The molecular formula is C28H44N2O7. The molecule has 9 heteroatoms. The Morgan fingerprint density at radius 3 is 2.30 bits per heavy atom. The molecule has 0 saturated carbocycles. The number of hydrogen-bond donors (Lipinski definition) is 4. The lowest BCUT2D eigenvalue weighted by molar-refractivity contribution is -0.184. The van der Waals surface area contributed by atoms with E-state index in [1.54, 1.807) is 45.9 Å². The quantitative estimate of drug-likeness (QED) is 0.157. The molecule has 0 aliphatic heterocycles. The highest BCUT2D eigenvalue weighted by atomic mass is 16.6. The Balaban J connectivity index is 3.30. The van der Waals surface area contributed by atoms with Gasteiger partial charge in [0, 0.05) is 6.42 Å². The monoisotopic (exact) mass is 520 g/mol. The average molecular weight is 521 g/mol. The number of rotatable bonds is 15. The van der Waals surface area contributed by atoms with E-state index in [4.69, 9.17) is 15.2 Å². The largest absolute Gasteiger partial charge is 0.508 e. The third-order valence-corrected chi connectivity index (χ3v) is 5.76. The number of phenols is 1. The number of esters is 2. The summed E-state index contributed by atoms with van der Waals surface area (Å²) in [6.45, 7) is 7.45. The molecule has 0 fully saturated rings. The van der Waals surface area contributed by atoms with Crippen LogP contribution in [0.25, 0.3) is 0 Å². The van der Waals surface area contributed by atoms with E-state index < -0.39 is 41.0 Å². The number of hydrogen-bond acceptors (Lipinski definition) is 8. The number of ether oxygens (including phenoxy) is 2. The van der Waals surface area contributed by atoms with Gasteiger partial charge < -0.3 is 30.7 Å². The molecule has 208 valence electrons. The van der Waals surface area contributed by atoms with Gasteiger partial charge in [0.25, 0.3) is 0 Å². The van der Waals surface area contributed by atoms with E-state index in [0.29, 0.717) is 24.9 Å². The minimum Gasteiger partial charge on any atom is -0.508 e. The molecule has 0 saturated heterocycles. The van der Waals surface area contributed by atoms with Crippen molar-refractivity contribution in [3.8, 4) is 5.75 Å². The zero-order valence-electron chi connectivity index (χ0n) is 22.8. The Bertz CT molecular complexity index is 893. The van der Waals surface area contributed by atoms with Crippen LogP contribution in [0.4, 0.5) is 0 Å². The van der Waals surface area contributed by atoms with Crippen LogP contribution in [-0.4, -0.2) is 59.0 Å². The number of amides is 1. The summed E-state index contributed by atoms with van der Waals surface area (Å²) in [5.41, 5.74) is 3.21. The maximum absolute atomic E-state index is 13.6. The molecule has 5 N–H and O–H groups in total. The second kappa shape index (κ2) is 15.4. The van der Waals surface area contributed by atoms with Gasteiger partial charge in [-0.3, -0.25) is 4.79 Å². The van der Waals surface area contributed by atoms with Crippen molar-refractivity contribution < 1.29 is 34.1 Å². The number of methoxy groups -OCH3 is 1. The highest BCUT2D eigenvalue weighted by molar-refractivity contribution is 5.93. The normalized spacial score (nSPS) is 15.0. The van der Waals surface area contributed by atoms with E-state index in [1.165, 1.54) is 25.3 Å². The van der Waals surface area contributed by atoms with Gasteiger partial charge >= 0.3 is 11.9 Å². The summed E-state index contributed by atoms with van der Waals surface area (Å²) in [5, 5.41) is 23.8. The van der Waals surface area contributed by atoms with Gasteiger partial charge in [-0.2, -0.15) is 0 Å². The molecule has 0 spiro atoms. The van der Waals surface area contributed by atoms with Crippen LogP contribution in [-0.2, 0) is 30.3 Å². The molecule has 0 aliphatic rings. The van der Waals surface area contributed by atoms with Crippen molar-refractivity contribution in [3.63, 3.8) is 0 Å². The van der Waals surface area contributed by atoms with E-state index in [1.807, 2.05) is 0 Å². The first kappa shape index (κ1) is 32.1. The standard InChI is InChI=1S/C28H44N2O7/c1-6-17-28(35,26(34)37-27(2,3)4)22(12-10-8-7-9-11-18-29)24(32)30-23(25(33)36-5)19-20-13-15-21(31)16-14-20/h10,12-16,22-23,31,35H,6-9,11,17-19,29H2,1-5H3,(H,30,32)/b12-10+/t22-,23+,28+/m1/s1. The predicted octanol–water partition coefficient (Wildman–Crippen LogP) is 3.16. The van der Waals surface area contributed by atoms with Crippen LogP contribution in [0, 0.1) is 5.92 Å². The highest BCUT2D eigenvalue weighted by Crippen LogP contribution is 2.29. The van der Waals surface area contributed by atoms with Crippen LogP contribution >= 0.6 is 0 Å². The molecule has 37 heavy (non-hydrogen) atoms. The van der Waals surface area contributed by atoms with Crippen molar-refractivity contribution in [1.82, 2.24) is 5.32 Å². The Morgan fingerprint density at radius 1 is 1.11 bits per heavy atom. The molecule has 9 nitrogen and oxygen atoms in total. The maximum Gasteiger partial charge on any atom is 0.339 e. The third kappa shape index (κ3) is 10.9. The Labute approximate surface area is 220 Å². The SMILES string of the molecule is CCC[C@@](O)(C(=O)OC(C)(C)C)[C@H](/C=C/CCCCCN)C(=O)N[C@@H](Cc1ccc(O)cc1)C(=O)OC. The fourth-order valence-corrected chi connectivity index (χ4v) is 3.88. The van der Waals surface area contributed by atoms with Crippen LogP contribution in [0.5, 0.6) is 5.75 Å². The minimum absolute atomic E-state index is 0.0155. The number of aliphatic hydroxyl groups is 1. The molecule has 1 amide bonds. The molecular weight excluding hydrogens is 476 g/mol.